The van der Waals surface area contributed by atoms with Gasteiger partial charge in [-0.15, -0.1) is 0 Å². The molecule has 1 saturated heterocycles. The van der Waals surface area contributed by atoms with E-state index in [1.807, 2.05) is 0 Å². The molecule has 1 heterocycles. The van der Waals surface area contributed by atoms with E-state index in [1.165, 1.54) is 36.8 Å². The van der Waals surface area contributed by atoms with Gasteiger partial charge in [0.15, 0.2) is 0 Å². The molecule has 0 aliphatic carbocycles. The number of hydrogen-bond donors (Lipinski definition) is 0. The van der Waals surface area contributed by atoms with Crippen molar-refractivity contribution < 1.29 is 4.48 Å². The molecule has 0 bridgehead atoms. The maximum atomic E-state index is 2.39. The lowest BCUT2D eigenvalue weighted by Gasteiger charge is -2.42. The van der Waals surface area contributed by atoms with Crippen molar-refractivity contribution in [3.8, 4) is 0 Å². The van der Waals surface area contributed by atoms with Crippen LogP contribution < -0.4 is 0 Å². The number of nitrogens with zero attached hydrogens (tertiary/aromatic N) is 1. The molecular weight excluding hydrogens is 122 g/mol. The van der Waals surface area contributed by atoms with Gasteiger partial charge in [0.25, 0.3) is 0 Å². The van der Waals surface area contributed by atoms with Crippen molar-refractivity contribution in [3.05, 3.63) is 0 Å². The predicted molar refractivity (Wildman–Crippen MR) is 44.9 cm³/mol. The molecule has 0 aromatic rings. The lowest BCUT2D eigenvalue weighted by atomic mass is 10.0. The number of likely N-dealkylation sites (tertiary alicyclic amines) is 1. The first-order valence-electron chi connectivity index (χ1n) is 4.53. The Balaban J connectivity index is 2.54. The summed E-state index contributed by atoms with van der Waals surface area (Å²) in [5.41, 5.74) is 0. The standard InChI is InChI=1S/C9H20N/c1-4-10(3)8-6-5-7-9(10)2/h9H,4-8H2,1-3H3/q+1/t9-,10-/m1/s1. The lowest BCUT2D eigenvalue weighted by molar-refractivity contribution is -0.934. The summed E-state index contributed by atoms with van der Waals surface area (Å²) in [4.78, 5) is 0. The van der Waals surface area contributed by atoms with E-state index < -0.39 is 0 Å². The highest BCUT2D eigenvalue weighted by molar-refractivity contribution is 4.59. The maximum Gasteiger partial charge on any atom is 0.0859 e. The van der Waals surface area contributed by atoms with Gasteiger partial charge in [-0.25, -0.2) is 0 Å². The number of rotatable bonds is 1. The fourth-order valence-electron chi connectivity index (χ4n) is 1.91. The van der Waals surface area contributed by atoms with Crippen LogP contribution in [-0.4, -0.2) is 30.7 Å². The van der Waals surface area contributed by atoms with E-state index >= 15 is 0 Å². The summed E-state index contributed by atoms with van der Waals surface area (Å²) in [5.74, 6) is 0. The second kappa shape index (κ2) is 2.91. The van der Waals surface area contributed by atoms with E-state index in [0.29, 0.717) is 0 Å². The molecule has 1 rings (SSSR count). The van der Waals surface area contributed by atoms with Gasteiger partial charge in [-0.2, -0.15) is 0 Å². The van der Waals surface area contributed by atoms with Gasteiger partial charge >= 0.3 is 0 Å². The van der Waals surface area contributed by atoms with E-state index in [9.17, 15) is 0 Å². The number of hydrogen-bond acceptors (Lipinski definition) is 0. The number of piperidine rings is 1. The zero-order chi connectivity index (χ0) is 7.61. The summed E-state index contributed by atoms with van der Waals surface area (Å²) in [6, 6.07) is 0.902. The van der Waals surface area contributed by atoms with Crippen molar-refractivity contribution in [1.82, 2.24) is 0 Å². The van der Waals surface area contributed by atoms with Gasteiger partial charge in [-0.3, -0.25) is 0 Å². The topological polar surface area (TPSA) is 0 Å². The minimum absolute atomic E-state index is 0.902. The van der Waals surface area contributed by atoms with Crippen LogP contribution in [-0.2, 0) is 0 Å². The molecule has 1 aliphatic rings. The third-order valence-corrected chi connectivity index (χ3v) is 3.33. The van der Waals surface area contributed by atoms with Crippen LogP contribution in [0.4, 0.5) is 0 Å². The summed E-state index contributed by atoms with van der Waals surface area (Å²) in [7, 11) is 2.39. The zero-order valence-corrected chi connectivity index (χ0v) is 7.56. The molecule has 0 aromatic carbocycles. The van der Waals surface area contributed by atoms with E-state index in [2.05, 4.69) is 20.9 Å². The monoisotopic (exact) mass is 142 g/mol. The first-order valence-corrected chi connectivity index (χ1v) is 4.53. The highest BCUT2D eigenvalue weighted by atomic mass is 15.3. The normalized spacial score (nSPS) is 41.7. The van der Waals surface area contributed by atoms with Crippen molar-refractivity contribution in [3.63, 3.8) is 0 Å². The van der Waals surface area contributed by atoms with Crippen LogP contribution in [0.25, 0.3) is 0 Å². The van der Waals surface area contributed by atoms with Gasteiger partial charge in [0.05, 0.1) is 26.2 Å². The van der Waals surface area contributed by atoms with Gasteiger partial charge in [-0.05, 0) is 33.1 Å². The van der Waals surface area contributed by atoms with E-state index in [1.54, 1.807) is 0 Å². The average molecular weight is 142 g/mol. The average Bonchev–Trinajstić information content (AvgIpc) is 1.96. The molecule has 0 aromatic heterocycles. The Hall–Kier alpha value is -0.0400. The molecular formula is C9H20N+. The Bertz CT molecular complexity index is 111. The summed E-state index contributed by atoms with van der Waals surface area (Å²) < 4.78 is 1.31. The molecule has 2 atom stereocenters. The first-order chi connectivity index (χ1) is 4.69. The van der Waals surface area contributed by atoms with Crippen molar-refractivity contribution in [2.45, 2.75) is 39.2 Å². The second-order valence-electron chi connectivity index (χ2n) is 3.86. The van der Waals surface area contributed by atoms with Crippen molar-refractivity contribution >= 4 is 0 Å². The van der Waals surface area contributed by atoms with Crippen LogP contribution in [0.2, 0.25) is 0 Å². The Morgan fingerprint density at radius 2 is 2.10 bits per heavy atom. The SMILES string of the molecule is CC[N@+]1(C)CCCC[C@H]1C. The highest BCUT2D eigenvalue weighted by Crippen LogP contribution is 2.22. The Labute approximate surface area is 64.6 Å². The Kier molecular flexibility index (Phi) is 2.35. The van der Waals surface area contributed by atoms with Gasteiger partial charge in [0.1, 0.15) is 0 Å². The smallest absolute Gasteiger partial charge is 0.0859 e. The Morgan fingerprint density at radius 1 is 1.40 bits per heavy atom. The van der Waals surface area contributed by atoms with E-state index in [-0.39, 0.29) is 0 Å². The number of quaternary nitrogens is 1. The molecule has 60 valence electrons. The second-order valence-corrected chi connectivity index (χ2v) is 3.86. The minimum atomic E-state index is 0.902. The molecule has 10 heavy (non-hydrogen) atoms. The van der Waals surface area contributed by atoms with Crippen molar-refractivity contribution in [2.24, 2.45) is 0 Å². The fourth-order valence-corrected chi connectivity index (χ4v) is 1.91. The molecule has 0 unspecified atom stereocenters. The quantitative estimate of drug-likeness (QED) is 0.491. The van der Waals surface area contributed by atoms with Crippen LogP contribution >= 0.6 is 0 Å². The third kappa shape index (κ3) is 1.34. The summed E-state index contributed by atoms with van der Waals surface area (Å²) in [5, 5.41) is 0. The van der Waals surface area contributed by atoms with Gasteiger partial charge in [-0.1, -0.05) is 0 Å². The van der Waals surface area contributed by atoms with Crippen LogP contribution in [0.5, 0.6) is 0 Å². The van der Waals surface area contributed by atoms with Crippen LogP contribution in [0.1, 0.15) is 33.1 Å². The maximum absolute atomic E-state index is 2.39. The summed E-state index contributed by atoms with van der Waals surface area (Å²) in [6.45, 7) is 7.41. The zero-order valence-electron chi connectivity index (χ0n) is 7.56. The van der Waals surface area contributed by atoms with Crippen molar-refractivity contribution in [1.29, 1.82) is 0 Å². The summed E-state index contributed by atoms with van der Waals surface area (Å²) in [6.07, 6.45) is 4.33. The molecule has 0 N–H and O–H groups in total. The molecule has 1 heteroatoms. The molecule has 0 radical (unpaired) electrons. The van der Waals surface area contributed by atoms with E-state index in [0.717, 1.165) is 6.04 Å². The van der Waals surface area contributed by atoms with Gasteiger partial charge in [0.2, 0.25) is 0 Å². The Morgan fingerprint density at radius 3 is 2.50 bits per heavy atom. The lowest BCUT2D eigenvalue weighted by Crippen LogP contribution is -2.53. The molecule has 1 aliphatic heterocycles. The molecule has 0 spiro atoms. The first kappa shape index (κ1) is 8.06. The van der Waals surface area contributed by atoms with Gasteiger partial charge < -0.3 is 4.48 Å². The largest absolute Gasteiger partial charge is 0.324 e. The minimum Gasteiger partial charge on any atom is -0.324 e. The molecule has 0 amide bonds. The molecule has 1 fully saturated rings. The molecule has 0 saturated carbocycles. The summed E-state index contributed by atoms with van der Waals surface area (Å²) >= 11 is 0. The predicted octanol–water partition coefficient (Wildman–Crippen LogP) is 2.03. The van der Waals surface area contributed by atoms with Crippen LogP contribution in [0.15, 0.2) is 0 Å². The van der Waals surface area contributed by atoms with Gasteiger partial charge in [0, 0.05) is 0 Å². The van der Waals surface area contributed by atoms with E-state index in [4.69, 9.17) is 0 Å². The van der Waals surface area contributed by atoms with Crippen LogP contribution in [0.3, 0.4) is 0 Å². The third-order valence-electron chi connectivity index (χ3n) is 3.33. The highest BCUT2D eigenvalue weighted by Gasteiger charge is 2.29. The van der Waals surface area contributed by atoms with Crippen molar-refractivity contribution in [2.75, 3.05) is 20.1 Å². The van der Waals surface area contributed by atoms with Crippen LogP contribution in [0, 0.1) is 0 Å². The fraction of sp³-hybridized carbons (Fsp3) is 1.00. The molecule has 1 nitrogen and oxygen atoms in total.